The number of amides is 1. The molecule has 3 nitrogen and oxygen atoms in total. The van der Waals surface area contributed by atoms with Crippen molar-refractivity contribution in [3.05, 3.63) is 35.1 Å². The van der Waals surface area contributed by atoms with E-state index < -0.39 is 5.41 Å². The second kappa shape index (κ2) is 7.23. The highest BCUT2D eigenvalue weighted by Crippen LogP contribution is 2.34. The van der Waals surface area contributed by atoms with Crippen LogP contribution < -0.4 is 11.1 Å². The lowest BCUT2D eigenvalue weighted by molar-refractivity contribution is -0.131. The van der Waals surface area contributed by atoms with Gasteiger partial charge in [-0.15, -0.1) is 12.4 Å². The van der Waals surface area contributed by atoms with Crippen LogP contribution in [0.25, 0.3) is 0 Å². The average Bonchev–Trinajstić information content (AvgIpc) is 2.86. The van der Waals surface area contributed by atoms with Gasteiger partial charge in [0.2, 0.25) is 5.91 Å². The van der Waals surface area contributed by atoms with Crippen LogP contribution in [0.15, 0.2) is 18.2 Å². The normalized spacial score (nSPS) is 17.0. The number of hydrogen-bond acceptors (Lipinski definition) is 2. The quantitative estimate of drug-likeness (QED) is 0.877. The van der Waals surface area contributed by atoms with E-state index >= 15 is 0 Å². The monoisotopic (exact) mass is 314 g/mol. The summed E-state index contributed by atoms with van der Waals surface area (Å²) in [5, 5.41) is 3.07. The van der Waals surface area contributed by atoms with Gasteiger partial charge in [-0.25, -0.2) is 4.39 Å². The van der Waals surface area contributed by atoms with Crippen molar-refractivity contribution in [3.8, 4) is 0 Å². The molecule has 1 unspecified atom stereocenters. The molecule has 0 aliphatic heterocycles. The Morgan fingerprint density at radius 2 is 2.10 bits per heavy atom. The van der Waals surface area contributed by atoms with Crippen LogP contribution >= 0.6 is 12.4 Å². The molecular weight excluding hydrogens is 291 g/mol. The fourth-order valence-corrected chi connectivity index (χ4v) is 3.02. The lowest BCUT2D eigenvalue weighted by atomic mass is 9.81. The molecule has 118 valence electrons. The minimum Gasteiger partial charge on any atom is -0.349 e. The van der Waals surface area contributed by atoms with Crippen molar-refractivity contribution in [2.45, 2.75) is 45.6 Å². The van der Waals surface area contributed by atoms with Crippen molar-refractivity contribution in [2.24, 2.45) is 11.1 Å². The second-order valence-corrected chi connectivity index (χ2v) is 5.56. The zero-order valence-corrected chi connectivity index (χ0v) is 13.4. The molecule has 1 amide bonds. The van der Waals surface area contributed by atoms with Crippen molar-refractivity contribution in [1.29, 1.82) is 0 Å². The molecule has 0 fully saturated rings. The van der Waals surface area contributed by atoms with Gasteiger partial charge in [0.05, 0.1) is 11.5 Å². The van der Waals surface area contributed by atoms with Crippen molar-refractivity contribution < 1.29 is 9.18 Å². The third kappa shape index (κ3) is 3.22. The zero-order chi connectivity index (χ0) is 14.8. The van der Waals surface area contributed by atoms with Crippen LogP contribution in [-0.2, 0) is 11.2 Å². The average molecular weight is 315 g/mol. The highest BCUT2D eigenvalue weighted by molar-refractivity contribution is 5.85. The van der Waals surface area contributed by atoms with Gasteiger partial charge >= 0.3 is 0 Å². The molecule has 5 heteroatoms. The van der Waals surface area contributed by atoms with E-state index in [-0.39, 0.29) is 30.2 Å². The minimum absolute atomic E-state index is 0. The van der Waals surface area contributed by atoms with E-state index in [1.165, 1.54) is 6.07 Å². The molecule has 0 spiro atoms. The van der Waals surface area contributed by atoms with Crippen LogP contribution in [0.4, 0.5) is 4.39 Å². The first-order chi connectivity index (χ1) is 9.57. The van der Waals surface area contributed by atoms with Crippen molar-refractivity contribution in [2.75, 3.05) is 6.54 Å². The molecule has 1 aromatic rings. The van der Waals surface area contributed by atoms with Gasteiger partial charge in [-0.05, 0) is 42.9 Å². The van der Waals surface area contributed by atoms with Crippen molar-refractivity contribution in [3.63, 3.8) is 0 Å². The molecule has 21 heavy (non-hydrogen) atoms. The molecule has 0 saturated carbocycles. The Bertz CT molecular complexity index is 495. The Morgan fingerprint density at radius 3 is 2.67 bits per heavy atom. The Morgan fingerprint density at radius 1 is 1.43 bits per heavy atom. The molecular formula is C16H24ClFN2O. The third-order valence-corrected chi connectivity index (χ3v) is 4.74. The van der Waals surface area contributed by atoms with Crippen LogP contribution in [-0.4, -0.2) is 12.5 Å². The molecule has 1 atom stereocenters. The first-order valence-electron chi connectivity index (χ1n) is 7.36. The Kier molecular flexibility index (Phi) is 6.17. The summed E-state index contributed by atoms with van der Waals surface area (Å²) in [5.41, 5.74) is 6.95. The van der Waals surface area contributed by atoms with Gasteiger partial charge in [0, 0.05) is 6.54 Å². The van der Waals surface area contributed by atoms with Gasteiger partial charge in [-0.2, -0.15) is 0 Å². The van der Waals surface area contributed by atoms with Crippen LogP contribution in [0.2, 0.25) is 0 Å². The summed E-state index contributed by atoms with van der Waals surface area (Å²) in [6.07, 6.45) is 2.88. The van der Waals surface area contributed by atoms with Crippen LogP contribution in [0.1, 0.15) is 50.3 Å². The number of rotatable bonds is 5. The Hall–Kier alpha value is -1.13. The Labute approximate surface area is 131 Å². The maximum atomic E-state index is 13.7. The molecule has 1 aliphatic carbocycles. The maximum Gasteiger partial charge on any atom is 0.227 e. The molecule has 2 rings (SSSR count). The molecule has 1 aliphatic rings. The van der Waals surface area contributed by atoms with E-state index in [0.29, 0.717) is 25.8 Å². The van der Waals surface area contributed by atoms with Crippen molar-refractivity contribution >= 4 is 18.3 Å². The number of nitrogens with one attached hydrogen (secondary N) is 1. The third-order valence-electron chi connectivity index (χ3n) is 4.74. The number of halogens is 2. The lowest BCUT2D eigenvalue weighted by Gasteiger charge is -2.30. The van der Waals surface area contributed by atoms with Gasteiger partial charge in [-0.3, -0.25) is 4.79 Å². The number of carbonyl (C=O) groups is 1. The minimum atomic E-state index is -0.504. The van der Waals surface area contributed by atoms with Crippen LogP contribution in [0, 0.1) is 11.2 Å². The molecule has 0 heterocycles. The van der Waals surface area contributed by atoms with Gasteiger partial charge in [-0.1, -0.05) is 26.0 Å². The standard InChI is InChI=1S/C16H23FN2O.ClH/c1-3-16(4-2,10-18)15(20)19-14-9-8-11-12(14)6-5-7-13(11)17;/h5-7,14H,3-4,8-10,18H2,1-2H3,(H,19,20);1H. The second-order valence-electron chi connectivity index (χ2n) is 5.56. The summed E-state index contributed by atoms with van der Waals surface area (Å²) >= 11 is 0. The van der Waals surface area contributed by atoms with Gasteiger partial charge in [0.1, 0.15) is 5.82 Å². The van der Waals surface area contributed by atoms with E-state index in [1.807, 2.05) is 19.9 Å². The summed E-state index contributed by atoms with van der Waals surface area (Å²) in [4.78, 5) is 12.5. The van der Waals surface area contributed by atoms with E-state index in [4.69, 9.17) is 5.73 Å². The SMILES string of the molecule is CCC(CC)(CN)C(=O)NC1CCc2c(F)cccc21.Cl. The molecule has 0 saturated heterocycles. The van der Waals surface area contributed by atoms with Gasteiger partial charge in [0.25, 0.3) is 0 Å². The zero-order valence-electron chi connectivity index (χ0n) is 12.6. The van der Waals surface area contributed by atoms with Crippen molar-refractivity contribution in [1.82, 2.24) is 5.32 Å². The van der Waals surface area contributed by atoms with E-state index in [1.54, 1.807) is 6.07 Å². The fraction of sp³-hybridized carbons (Fsp3) is 0.562. The predicted octanol–water partition coefficient (Wildman–Crippen LogP) is 3.12. The van der Waals surface area contributed by atoms with Crippen LogP contribution in [0.3, 0.4) is 0 Å². The molecule has 1 aromatic carbocycles. The summed E-state index contributed by atoms with van der Waals surface area (Å²) in [7, 11) is 0. The highest BCUT2D eigenvalue weighted by atomic mass is 35.5. The van der Waals surface area contributed by atoms with E-state index in [2.05, 4.69) is 5.32 Å². The van der Waals surface area contributed by atoms with Gasteiger partial charge in [0.15, 0.2) is 0 Å². The number of benzene rings is 1. The maximum absolute atomic E-state index is 13.7. The molecule has 3 N–H and O–H groups in total. The number of carbonyl (C=O) groups excluding carboxylic acids is 1. The lowest BCUT2D eigenvalue weighted by Crippen LogP contribution is -2.46. The first kappa shape index (κ1) is 17.9. The van der Waals surface area contributed by atoms with Crippen LogP contribution in [0.5, 0.6) is 0 Å². The summed E-state index contributed by atoms with van der Waals surface area (Å²) in [6.45, 7) is 4.31. The number of fused-ring (bicyclic) bond motifs is 1. The largest absolute Gasteiger partial charge is 0.349 e. The topological polar surface area (TPSA) is 55.1 Å². The van der Waals surface area contributed by atoms with E-state index in [0.717, 1.165) is 17.5 Å². The number of nitrogens with two attached hydrogens (primary N) is 1. The van der Waals surface area contributed by atoms with E-state index in [9.17, 15) is 9.18 Å². The molecule has 0 bridgehead atoms. The molecule has 0 aromatic heterocycles. The number of hydrogen-bond donors (Lipinski definition) is 2. The summed E-state index contributed by atoms with van der Waals surface area (Å²) in [6, 6.07) is 5.00. The Balaban J connectivity index is 0.00000220. The summed E-state index contributed by atoms with van der Waals surface area (Å²) in [5.74, 6) is -0.178. The fourth-order valence-electron chi connectivity index (χ4n) is 3.02. The first-order valence-corrected chi connectivity index (χ1v) is 7.36. The predicted molar refractivity (Wildman–Crippen MR) is 84.9 cm³/mol. The summed E-state index contributed by atoms with van der Waals surface area (Å²) < 4.78 is 13.7. The smallest absolute Gasteiger partial charge is 0.227 e. The molecule has 0 radical (unpaired) electrons. The van der Waals surface area contributed by atoms with Gasteiger partial charge < -0.3 is 11.1 Å². The highest BCUT2D eigenvalue weighted by Gasteiger charge is 2.36.